The summed E-state index contributed by atoms with van der Waals surface area (Å²) >= 11 is 9.00. The Morgan fingerprint density at radius 3 is 2.74 bits per heavy atom. The molecule has 1 aliphatic heterocycles. The minimum Gasteiger partial charge on any atom is -0.358 e. The van der Waals surface area contributed by atoms with Crippen LogP contribution in [0.15, 0.2) is 30.3 Å². The number of nitrogens with one attached hydrogen (secondary N) is 1. The smallest absolute Gasteiger partial charge is 0.238 e. The first kappa shape index (κ1) is 13.1. The number of amides is 1. The summed E-state index contributed by atoms with van der Waals surface area (Å²) in [5, 5.41) is 3.87. The standard InChI is InChI=1S/C14H15BrN2OS/c15-9-6-7-12-11(8-9)13(18)17(14(19)16-12)10-4-2-1-3-5-10/h1-5,9,11-12H,6-8H2,(H,16,19). The summed E-state index contributed by atoms with van der Waals surface area (Å²) in [7, 11) is 0. The molecule has 1 saturated carbocycles. The third-order valence-electron chi connectivity index (χ3n) is 3.85. The summed E-state index contributed by atoms with van der Waals surface area (Å²) in [5.74, 6) is 0.147. The molecule has 0 bridgehead atoms. The highest BCUT2D eigenvalue weighted by Gasteiger charge is 2.42. The van der Waals surface area contributed by atoms with Crippen LogP contribution in [0.2, 0.25) is 0 Å². The Morgan fingerprint density at radius 1 is 1.26 bits per heavy atom. The van der Waals surface area contributed by atoms with E-state index in [0.29, 0.717) is 9.94 Å². The van der Waals surface area contributed by atoms with Gasteiger partial charge in [-0.1, -0.05) is 34.1 Å². The van der Waals surface area contributed by atoms with Crippen LogP contribution in [0.3, 0.4) is 0 Å². The van der Waals surface area contributed by atoms with Crippen molar-refractivity contribution in [2.24, 2.45) is 5.92 Å². The van der Waals surface area contributed by atoms with Gasteiger partial charge in [0, 0.05) is 10.9 Å². The number of benzene rings is 1. The van der Waals surface area contributed by atoms with Crippen molar-refractivity contribution in [3.8, 4) is 0 Å². The molecule has 1 aliphatic carbocycles. The first-order valence-corrected chi connectivity index (χ1v) is 7.83. The number of fused-ring (bicyclic) bond motifs is 1. The van der Waals surface area contributed by atoms with E-state index in [1.54, 1.807) is 4.90 Å². The molecule has 1 heterocycles. The molecule has 1 amide bonds. The molecule has 2 aliphatic rings. The monoisotopic (exact) mass is 338 g/mol. The number of anilines is 1. The highest BCUT2D eigenvalue weighted by molar-refractivity contribution is 9.09. The van der Waals surface area contributed by atoms with Crippen molar-refractivity contribution < 1.29 is 4.79 Å². The first-order valence-electron chi connectivity index (χ1n) is 6.50. The molecular formula is C14H15BrN2OS. The number of carbonyl (C=O) groups excluding carboxylic acids is 1. The SMILES string of the molecule is O=C1C2CC(Br)CCC2NC(=S)N1c1ccccc1. The van der Waals surface area contributed by atoms with Crippen LogP contribution in [-0.4, -0.2) is 21.9 Å². The van der Waals surface area contributed by atoms with E-state index in [1.165, 1.54) is 0 Å². The molecule has 100 valence electrons. The molecule has 1 aromatic rings. The quantitative estimate of drug-likeness (QED) is 0.631. The van der Waals surface area contributed by atoms with Crippen LogP contribution < -0.4 is 10.2 Å². The van der Waals surface area contributed by atoms with Gasteiger partial charge in [-0.2, -0.15) is 0 Å². The lowest BCUT2D eigenvalue weighted by atomic mass is 9.82. The molecule has 3 rings (SSSR count). The first-order chi connectivity index (χ1) is 9.16. The summed E-state index contributed by atoms with van der Waals surface area (Å²) < 4.78 is 0. The maximum atomic E-state index is 12.7. The van der Waals surface area contributed by atoms with E-state index in [4.69, 9.17) is 12.2 Å². The van der Waals surface area contributed by atoms with Gasteiger partial charge < -0.3 is 5.32 Å². The molecule has 5 heteroatoms. The minimum absolute atomic E-state index is 0.0185. The van der Waals surface area contributed by atoms with Gasteiger partial charge in [0.15, 0.2) is 5.11 Å². The van der Waals surface area contributed by atoms with Crippen LogP contribution in [0.4, 0.5) is 5.69 Å². The summed E-state index contributed by atoms with van der Waals surface area (Å²) in [5.41, 5.74) is 0.847. The van der Waals surface area contributed by atoms with Crippen molar-refractivity contribution >= 4 is 44.9 Å². The zero-order chi connectivity index (χ0) is 13.4. The molecule has 2 fully saturated rings. The van der Waals surface area contributed by atoms with Crippen molar-refractivity contribution in [1.82, 2.24) is 5.32 Å². The van der Waals surface area contributed by atoms with Crippen LogP contribution in [0.5, 0.6) is 0 Å². The Labute approximate surface area is 126 Å². The highest BCUT2D eigenvalue weighted by Crippen LogP contribution is 2.34. The normalized spacial score (nSPS) is 30.8. The highest BCUT2D eigenvalue weighted by atomic mass is 79.9. The number of rotatable bonds is 1. The number of alkyl halides is 1. The van der Waals surface area contributed by atoms with Gasteiger partial charge in [-0.05, 0) is 43.6 Å². The van der Waals surface area contributed by atoms with Gasteiger partial charge in [-0.15, -0.1) is 0 Å². The van der Waals surface area contributed by atoms with Crippen LogP contribution in [0.25, 0.3) is 0 Å². The molecule has 3 nitrogen and oxygen atoms in total. The molecule has 1 saturated heterocycles. The largest absolute Gasteiger partial charge is 0.358 e. The number of hydrogen-bond acceptors (Lipinski definition) is 2. The fourth-order valence-electron chi connectivity index (χ4n) is 2.88. The van der Waals surface area contributed by atoms with Gasteiger partial charge in [0.25, 0.3) is 0 Å². The van der Waals surface area contributed by atoms with E-state index in [-0.39, 0.29) is 17.9 Å². The Hall–Kier alpha value is -0.940. The van der Waals surface area contributed by atoms with Crippen molar-refractivity contribution in [2.75, 3.05) is 4.90 Å². The van der Waals surface area contributed by atoms with Gasteiger partial charge in [0.05, 0.1) is 11.6 Å². The lowest BCUT2D eigenvalue weighted by Gasteiger charge is -2.42. The van der Waals surface area contributed by atoms with Crippen LogP contribution in [0.1, 0.15) is 19.3 Å². The van der Waals surface area contributed by atoms with Gasteiger partial charge in [-0.3, -0.25) is 9.69 Å². The Bertz CT molecular complexity index is 507. The fraction of sp³-hybridized carbons (Fsp3) is 0.429. The Morgan fingerprint density at radius 2 is 2.00 bits per heavy atom. The van der Waals surface area contributed by atoms with Crippen molar-refractivity contribution in [3.63, 3.8) is 0 Å². The minimum atomic E-state index is 0.0185. The molecule has 19 heavy (non-hydrogen) atoms. The lowest BCUT2D eigenvalue weighted by Crippen LogP contribution is -2.61. The van der Waals surface area contributed by atoms with E-state index < -0.39 is 0 Å². The number of halogens is 1. The van der Waals surface area contributed by atoms with Gasteiger partial charge in [0.1, 0.15) is 0 Å². The Balaban J connectivity index is 1.90. The predicted octanol–water partition coefficient (Wildman–Crippen LogP) is 2.84. The number of thiocarbonyl (C=S) groups is 1. The molecular weight excluding hydrogens is 324 g/mol. The van der Waals surface area contributed by atoms with E-state index in [9.17, 15) is 4.79 Å². The van der Waals surface area contributed by atoms with E-state index >= 15 is 0 Å². The van der Waals surface area contributed by atoms with Crippen LogP contribution in [-0.2, 0) is 4.79 Å². The number of nitrogens with zero attached hydrogens (tertiary/aromatic N) is 1. The molecule has 0 spiro atoms. The average molecular weight is 339 g/mol. The van der Waals surface area contributed by atoms with Gasteiger partial charge in [-0.25, -0.2) is 0 Å². The fourth-order valence-corrected chi connectivity index (χ4v) is 3.89. The van der Waals surface area contributed by atoms with Crippen molar-refractivity contribution in [1.29, 1.82) is 0 Å². The zero-order valence-electron chi connectivity index (χ0n) is 10.4. The average Bonchev–Trinajstić information content (AvgIpc) is 2.41. The summed E-state index contributed by atoms with van der Waals surface area (Å²) in [6.45, 7) is 0. The molecule has 3 atom stereocenters. The van der Waals surface area contributed by atoms with Crippen LogP contribution >= 0.6 is 28.1 Å². The van der Waals surface area contributed by atoms with E-state index in [1.807, 2.05) is 30.3 Å². The molecule has 0 aromatic heterocycles. The number of hydrogen-bond donors (Lipinski definition) is 1. The Kier molecular flexibility index (Phi) is 3.58. The molecule has 1 aromatic carbocycles. The van der Waals surface area contributed by atoms with Gasteiger partial charge in [0.2, 0.25) is 5.91 Å². The van der Waals surface area contributed by atoms with Crippen LogP contribution in [0, 0.1) is 5.92 Å². The second-order valence-corrected chi connectivity index (χ2v) is 6.76. The van der Waals surface area contributed by atoms with E-state index in [0.717, 1.165) is 24.9 Å². The molecule has 3 unspecified atom stereocenters. The summed E-state index contributed by atoms with van der Waals surface area (Å²) in [4.78, 5) is 14.8. The number of para-hydroxylation sites is 1. The molecule has 1 N–H and O–H groups in total. The third-order valence-corrected chi connectivity index (χ3v) is 4.98. The van der Waals surface area contributed by atoms with E-state index in [2.05, 4.69) is 21.2 Å². The topological polar surface area (TPSA) is 32.3 Å². The predicted molar refractivity (Wildman–Crippen MR) is 83.5 cm³/mol. The second kappa shape index (κ2) is 5.21. The zero-order valence-corrected chi connectivity index (χ0v) is 12.8. The second-order valence-electron chi connectivity index (χ2n) is 5.08. The van der Waals surface area contributed by atoms with Gasteiger partial charge >= 0.3 is 0 Å². The molecule has 0 radical (unpaired) electrons. The van der Waals surface area contributed by atoms with Crippen molar-refractivity contribution in [3.05, 3.63) is 30.3 Å². The maximum Gasteiger partial charge on any atom is 0.238 e. The third kappa shape index (κ3) is 2.41. The number of carbonyl (C=O) groups is 1. The summed E-state index contributed by atoms with van der Waals surface area (Å²) in [6.07, 6.45) is 2.97. The van der Waals surface area contributed by atoms with Crippen molar-refractivity contribution in [2.45, 2.75) is 30.1 Å². The lowest BCUT2D eigenvalue weighted by molar-refractivity contribution is -0.123. The summed E-state index contributed by atoms with van der Waals surface area (Å²) in [6, 6.07) is 9.82. The maximum absolute atomic E-state index is 12.7.